The number of aryl methyl sites for hydroxylation is 3. The third-order valence-corrected chi connectivity index (χ3v) is 3.56. The lowest BCUT2D eigenvalue weighted by atomic mass is 10.1. The number of anilines is 2. The van der Waals surface area contributed by atoms with Gasteiger partial charge in [0.25, 0.3) is 0 Å². The molecule has 2 aromatic carbocycles. The first-order valence-corrected chi connectivity index (χ1v) is 6.61. The van der Waals surface area contributed by atoms with Gasteiger partial charge >= 0.3 is 0 Å². The van der Waals surface area contributed by atoms with Gasteiger partial charge in [0, 0.05) is 13.6 Å². The lowest BCUT2D eigenvalue weighted by Gasteiger charge is -2.22. The van der Waals surface area contributed by atoms with Crippen molar-refractivity contribution in [2.24, 2.45) is 0 Å². The number of benzene rings is 2. The summed E-state index contributed by atoms with van der Waals surface area (Å²) in [6.45, 7) is 7.21. The van der Waals surface area contributed by atoms with Crippen LogP contribution in [0.3, 0.4) is 0 Å². The number of rotatable bonds is 3. The summed E-state index contributed by atoms with van der Waals surface area (Å²) < 4.78 is 0. The average molecular weight is 254 g/mol. The second-order valence-electron chi connectivity index (χ2n) is 5.34. The molecule has 0 radical (unpaired) electrons. The maximum Gasteiger partial charge on any atom is 0.0603 e. The molecule has 0 aliphatic heterocycles. The minimum atomic E-state index is 0.846. The van der Waals surface area contributed by atoms with Crippen LogP contribution in [0.15, 0.2) is 36.4 Å². The van der Waals surface area contributed by atoms with Crippen LogP contribution < -0.4 is 10.6 Å². The second kappa shape index (κ2) is 5.35. The van der Waals surface area contributed by atoms with Gasteiger partial charge in [0.1, 0.15) is 0 Å². The fraction of sp³-hybridized carbons (Fsp3) is 0.294. The summed E-state index contributed by atoms with van der Waals surface area (Å²) in [4.78, 5) is 2.20. The molecule has 0 saturated heterocycles. The van der Waals surface area contributed by atoms with Gasteiger partial charge in [0.2, 0.25) is 0 Å². The molecule has 0 heterocycles. The van der Waals surface area contributed by atoms with E-state index in [4.69, 9.17) is 5.73 Å². The van der Waals surface area contributed by atoms with Crippen LogP contribution in [0.25, 0.3) is 0 Å². The van der Waals surface area contributed by atoms with Gasteiger partial charge in [-0.15, -0.1) is 0 Å². The number of hydrogen-bond acceptors (Lipinski definition) is 2. The summed E-state index contributed by atoms with van der Waals surface area (Å²) in [5.41, 5.74) is 13.2. The van der Waals surface area contributed by atoms with Crippen molar-refractivity contribution in [1.29, 1.82) is 0 Å². The third-order valence-electron chi connectivity index (χ3n) is 3.56. The molecule has 0 aromatic heterocycles. The highest BCUT2D eigenvalue weighted by molar-refractivity contribution is 5.69. The third kappa shape index (κ3) is 3.08. The monoisotopic (exact) mass is 254 g/mol. The van der Waals surface area contributed by atoms with Crippen molar-refractivity contribution in [2.45, 2.75) is 27.3 Å². The Morgan fingerprint density at radius 2 is 1.68 bits per heavy atom. The summed E-state index contributed by atoms with van der Waals surface area (Å²) in [5, 5.41) is 0. The van der Waals surface area contributed by atoms with Crippen molar-refractivity contribution in [3.8, 4) is 0 Å². The highest BCUT2D eigenvalue weighted by Gasteiger charge is 2.08. The fourth-order valence-corrected chi connectivity index (χ4v) is 2.32. The molecule has 0 bridgehead atoms. The van der Waals surface area contributed by atoms with Crippen LogP contribution in [0.4, 0.5) is 11.4 Å². The minimum Gasteiger partial charge on any atom is -0.397 e. The van der Waals surface area contributed by atoms with Crippen LogP contribution in [-0.4, -0.2) is 7.05 Å². The van der Waals surface area contributed by atoms with E-state index in [1.807, 2.05) is 0 Å². The molecule has 2 rings (SSSR count). The van der Waals surface area contributed by atoms with Crippen molar-refractivity contribution in [2.75, 3.05) is 17.7 Å². The Labute approximate surface area is 115 Å². The number of nitrogens with zero attached hydrogens (tertiary/aromatic N) is 1. The minimum absolute atomic E-state index is 0.846. The first kappa shape index (κ1) is 13.5. The van der Waals surface area contributed by atoms with E-state index in [-0.39, 0.29) is 0 Å². The van der Waals surface area contributed by atoms with Gasteiger partial charge < -0.3 is 10.6 Å². The highest BCUT2D eigenvalue weighted by Crippen LogP contribution is 2.27. The van der Waals surface area contributed by atoms with Crippen LogP contribution in [-0.2, 0) is 6.54 Å². The van der Waals surface area contributed by atoms with Crippen LogP contribution in [0.2, 0.25) is 0 Å². The van der Waals surface area contributed by atoms with E-state index in [1.165, 1.54) is 22.3 Å². The van der Waals surface area contributed by atoms with E-state index in [2.05, 4.69) is 69.1 Å². The van der Waals surface area contributed by atoms with E-state index in [0.717, 1.165) is 17.9 Å². The van der Waals surface area contributed by atoms with Gasteiger partial charge in [-0.3, -0.25) is 0 Å². The van der Waals surface area contributed by atoms with Gasteiger partial charge in [0.05, 0.1) is 11.4 Å². The molecule has 0 saturated carbocycles. The molecular weight excluding hydrogens is 232 g/mol. The Morgan fingerprint density at radius 3 is 2.37 bits per heavy atom. The molecule has 0 fully saturated rings. The maximum absolute atomic E-state index is 6.13. The molecule has 2 N–H and O–H groups in total. The predicted molar refractivity (Wildman–Crippen MR) is 83.6 cm³/mol. The molecule has 2 heteroatoms. The Bertz CT molecular complexity index is 588. The molecule has 0 aliphatic rings. The van der Waals surface area contributed by atoms with Crippen molar-refractivity contribution in [3.63, 3.8) is 0 Å². The van der Waals surface area contributed by atoms with Crippen molar-refractivity contribution < 1.29 is 0 Å². The van der Waals surface area contributed by atoms with Crippen molar-refractivity contribution in [3.05, 3.63) is 58.7 Å². The Kier molecular flexibility index (Phi) is 3.79. The number of hydrogen-bond donors (Lipinski definition) is 1. The van der Waals surface area contributed by atoms with Gasteiger partial charge in [-0.05, 0) is 49.6 Å². The largest absolute Gasteiger partial charge is 0.397 e. The second-order valence-corrected chi connectivity index (χ2v) is 5.34. The standard InChI is InChI=1S/C17H22N2/c1-12-6-5-7-15(8-12)11-19(4)17-10-14(3)13(2)9-16(17)18/h5-10H,11,18H2,1-4H3. The lowest BCUT2D eigenvalue weighted by molar-refractivity contribution is 0.921. The van der Waals surface area contributed by atoms with Gasteiger partial charge in [-0.2, -0.15) is 0 Å². The molecule has 0 atom stereocenters. The Balaban J connectivity index is 2.25. The molecule has 100 valence electrons. The highest BCUT2D eigenvalue weighted by atomic mass is 15.1. The zero-order valence-electron chi connectivity index (χ0n) is 12.2. The van der Waals surface area contributed by atoms with E-state index in [0.29, 0.717) is 0 Å². The fourth-order valence-electron chi connectivity index (χ4n) is 2.32. The first-order valence-electron chi connectivity index (χ1n) is 6.61. The Hall–Kier alpha value is -1.96. The van der Waals surface area contributed by atoms with Crippen LogP contribution in [0, 0.1) is 20.8 Å². The predicted octanol–water partition coefficient (Wildman–Crippen LogP) is 3.83. The Morgan fingerprint density at radius 1 is 1.00 bits per heavy atom. The quantitative estimate of drug-likeness (QED) is 0.843. The topological polar surface area (TPSA) is 29.3 Å². The molecule has 0 spiro atoms. The van der Waals surface area contributed by atoms with Crippen molar-refractivity contribution in [1.82, 2.24) is 0 Å². The van der Waals surface area contributed by atoms with E-state index in [9.17, 15) is 0 Å². The summed E-state index contributed by atoms with van der Waals surface area (Å²) in [6.07, 6.45) is 0. The molecule has 0 amide bonds. The summed E-state index contributed by atoms with van der Waals surface area (Å²) in [6, 6.07) is 12.8. The zero-order valence-corrected chi connectivity index (χ0v) is 12.2. The van der Waals surface area contributed by atoms with E-state index >= 15 is 0 Å². The molecule has 0 unspecified atom stereocenters. The number of nitrogen functional groups attached to an aromatic ring is 1. The first-order chi connectivity index (χ1) is 8.97. The van der Waals surface area contributed by atoms with Crippen LogP contribution >= 0.6 is 0 Å². The van der Waals surface area contributed by atoms with E-state index in [1.54, 1.807) is 0 Å². The van der Waals surface area contributed by atoms with Crippen molar-refractivity contribution >= 4 is 11.4 Å². The van der Waals surface area contributed by atoms with Gasteiger partial charge in [-0.1, -0.05) is 29.8 Å². The SMILES string of the molecule is Cc1cccc(CN(C)c2cc(C)c(C)cc2N)c1. The average Bonchev–Trinajstić information content (AvgIpc) is 2.33. The van der Waals surface area contributed by atoms with Crippen LogP contribution in [0.5, 0.6) is 0 Å². The summed E-state index contributed by atoms with van der Waals surface area (Å²) >= 11 is 0. The molecule has 0 aliphatic carbocycles. The maximum atomic E-state index is 6.13. The number of nitrogens with two attached hydrogens (primary N) is 1. The lowest BCUT2D eigenvalue weighted by Crippen LogP contribution is -2.18. The van der Waals surface area contributed by atoms with E-state index < -0.39 is 0 Å². The summed E-state index contributed by atoms with van der Waals surface area (Å²) in [5.74, 6) is 0. The normalized spacial score (nSPS) is 10.5. The molecular formula is C17H22N2. The molecule has 2 aromatic rings. The van der Waals surface area contributed by atoms with Crippen LogP contribution in [0.1, 0.15) is 22.3 Å². The molecule has 2 nitrogen and oxygen atoms in total. The van der Waals surface area contributed by atoms with Gasteiger partial charge in [0.15, 0.2) is 0 Å². The molecule has 19 heavy (non-hydrogen) atoms. The summed E-state index contributed by atoms with van der Waals surface area (Å²) in [7, 11) is 2.09. The smallest absolute Gasteiger partial charge is 0.0603 e. The van der Waals surface area contributed by atoms with Gasteiger partial charge in [-0.25, -0.2) is 0 Å². The zero-order chi connectivity index (χ0) is 14.0.